The van der Waals surface area contributed by atoms with E-state index in [0.29, 0.717) is 36.1 Å². The Morgan fingerprint density at radius 3 is 2.43 bits per heavy atom. The van der Waals surface area contributed by atoms with E-state index in [2.05, 4.69) is 20.1 Å². The highest BCUT2D eigenvalue weighted by Crippen LogP contribution is 2.32. The highest BCUT2D eigenvalue weighted by molar-refractivity contribution is 5.95. The first-order chi connectivity index (χ1) is 13.6. The monoisotopic (exact) mass is 385 g/mol. The normalized spacial score (nSPS) is 17.3. The number of fused-ring (bicyclic) bond motifs is 1. The second-order valence-electron chi connectivity index (χ2n) is 7.38. The number of carbonyl (C=O) groups excluding carboxylic acids is 1. The summed E-state index contributed by atoms with van der Waals surface area (Å²) in [6.45, 7) is 5.99. The standard InChI is InChI=1S/C20H27N5O3/c1-13-16(27-2)10-15(11-17(13)28-3)20(26)24-7-4-14(5-8-24)19-23-22-18-12-21-6-9-25(18)19/h10-11,14,21H,4-9,12H2,1-3H3. The van der Waals surface area contributed by atoms with Gasteiger partial charge in [0.15, 0.2) is 0 Å². The molecule has 0 unspecified atom stereocenters. The molecule has 0 radical (unpaired) electrons. The highest BCUT2D eigenvalue weighted by Gasteiger charge is 2.29. The van der Waals surface area contributed by atoms with Crippen molar-refractivity contribution in [2.75, 3.05) is 33.9 Å². The number of benzene rings is 1. The molecule has 1 amide bonds. The molecule has 2 aliphatic heterocycles. The van der Waals surface area contributed by atoms with E-state index in [1.807, 2.05) is 11.8 Å². The maximum absolute atomic E-state index is 13.0. The molecule has 28 heavy (non-hydrogen) atoms. The van der Waals surface area contributed by atoms with Crippen LogP contribution in [0.5, 0.6) is 11.5 Å². The number of amides is 1. The average Bonchev–Trinajstić information content (AvgIpc) is 3.17. The molecular weight excluding hydrogens is 358 g/mol. The Morgan fingerprint density at radius 1 is 1.11 bits per heavy atom. The number of carbonyl (C=O) groups is 1. The largest absolute Gasteiger partial charge is 0.496 e. The Labute approximate surface area is 164 Å². The average molecular weight is 385 g/mol. The second kappa shape index (κ2) is 7.79. The number of aromatic nitrogens is 3. The number of hydrogen-bond donors (Lipinski definition) is 1. The Hall–Kier alpha value is -2.61. The van der Waals surface area contributed by atoms with Gasteiger partial charge in [0.2, 0.25) is 0 Å². The van der Waals surface area contributed by atoms with Crippen LogP contribution < -0.4 is 14.8 Å². The van der Waals surface area contributed by atoms with Crippen LogP contribution in [0.1, 0.15) is 46.3 Å². The summed E-state index contributed by atoms with van der Waals surface area (Å²) in [7, 11) is 3.21. The number of likely N-dealkylation sites (tertiary alicyclic amines) is 1. The van der Waals surface area contributed by atoms with Crippen molar-refractivity contribution < 1.29 is 14.3 Å². The first kappa shape index (κ1) is 18.7. The fourth-order valence-corrected chi connectivity index (χ4v) is 4.15. The minimum atomic E-state index is 0.0162. The number of hydrogen-bond acceptors (Lipinski definition) is 6. The quantitative estimate of drug-likeness (QED) is 0.863. The lowest BCUT2D eigenvalue weighted by atomic mass is 9.95. The van der Waals surface area contributed by atoms with Gasteiger partial charge in [0.25, 0.3) is 5.91 Å². The molecule has 2 aliphatic rings. The van der Waals surface area contributed by atoms with Crippen LogP contribution >= 0.6 is 0 Å². The van der Waals surface area contributed by atoms with Gasteiger partial charge in [-0.15, -0.1) is 10.2 Å². The highest BCUT2D eigenvalue weighted by atomic mass is 16.5. The molecule has 8 nitrogen and oxygen atoms in total. The molecule has 1 fully saturated rings. The zero-order valence-electron chi connectivity index (χ0n) is 16.7. The Bertz CT molecular complexity index is 846. The summed E-state index contributed by atoms with van der Waals surface area (Å²) >= 11 is 0. The molecule has 8 heteroatoms. The van der Waals surface area contributed by atoms with E-state index in [0.717, 1.165) is 49.7 Å². The summed E-state index contributed by atoms with van der Waals surface area (Å²) in [6.07, 6.45) is 1.80. The third-order valence-electron chi connectivity index (χ3n) is 5.80. The zero-order chi connectivity index (χ0) is 19.7. The smallest absolute Gasteiger partial charge is 0.254 e. The molecule has 1 saturated heterocycles. The van der Waals surface area contributed by atoms with E-state index in [1.165, 1.54) is 0 Å². The number of rotatable bonds is 4. The molecule has 0 spiro atoms. The first-order valence-electron chi connectivity index (χ1n) is 9.77. The lowest BCUT2D eigenvalue weighted by Crippen LogP contribution is -2.39. The summed E-state index contributed by atoms with van der Waals surface area (Å²) in [5, 5.41) is 12.1. The molecule has 4 rings (SSSR count). The molecule has 150 valence electrons. The number of piperidine rings is 1. The lowest BCUT2D eigenvalue weighted by Gasteiger charge is -2.32. The van der Waals surface area contributed by atoms with E-state index in [-0.39, 0.29) is 5.91 Å². The Kier molecular flexibility index (Phi) is 5.21. The van der Waals surface area contributed by atoms with E-state index >= 15 is 0 Å². The fraction of sp³-hybridized carbons (Fsp3) is 0.550. The lowest BCUT2D eigenvalue weighted by molar-refractivity contribution is 0.0709. The van der Waals surface area contributed by atoms with Crippen molar-refractivity contribution in [3.8, 4) is 11.5 Å². The number of methoxy groups -OCH3 is 2. The first-order valence-corrected chi connectivity index (χ1v) is 9.77. The molecule has 0 bridgehead atoms. The third kappa shape index (κ3) is 3.32. The van der Waals surface area contributed by atoms with E-state index in [4.69, 9.17) is 9.47 Å². The van der Waals surface area contributed by atoms with Gasteiger partial charge in [0.1, 0.15) is 23.1 Å². The van der Waals surface area contributed by atoms with Crippen LogP contribution in [-0.2, 0) is 13.1 Å². The summed E-state index contributed by atoms with van der Waals surface area (Å²) in [5.41, 5.74) is 1.50. The van der Waals surface area contributed by atoms with Crippen molar-refractivity contribution in [1.29, 1.82) is 0 Å². The Morgan fingerprint density at radius 2 is 1.79 bits per heavy atom. The molecule has 0 atom stereocenters. The molecule has 1 N–H and O–H groups in total. The number of nitrogens with one attached hydrogen (secondary N) is 1. The summed E-state index contributed by atoms with van der Waals surface area (Å²) < 4.78 is 13.1. The van der Waals surface area contributed by atoms with Gasteiger partial charge < -0.3 is 24.3 Å². The molecule has 2 aromatic rings. The molecular formula is C20H27N5O3. The maximum atomic E-state index is 13.0. The van der Waals surface area contributed by atoms with Gasteiger partial charge in [0.05, 0.1) is 20.8 Å². The van der Waals surface area contributed by atoms with Crippen LogP contribution in [0, 0.1) is 6.92 Å². The van der Waals surface area contributed by atoms with Gasteiger partial charge in [-0.05, 0) is 31.9 Å². The maximum Gasteiger partial charge on any atom is 0.254 e. The van der Waals surface area contributed by atoms with E-state index in [9.17, 15) is 4.79 Å². The molecule has 0 aliphatic carbocycles. The molecule has 1 aromatic carbocycles. The molecule has 3 heterocycles. The van der Waals surface area contributed by atoms with Crippen LogP contribution in [0.3, 0.4) is 0 Å². The fourth-order valence-electron chi connectivity index (χ4n) is 4.15. The van der Waals surface area contributed by atoms with Crippen molar-refractivity contribution >= 4 is 5.91 Å². The van der Waals surface area contributed by atoms with Crippen LogP contribution in [0.2, 0.25) is 0 Å². The minimum absolute atomic E-state index is 0.0162. The van der Waals surface area contributed by atoms with Crippen molar-refractivity contribution in [3.05, 3.63) is 34.9 Å². The number of nitrogens with zero attached hydrogens (tertiary/aromatic N) is 4. The second-order valence-corrected chi connectivity index (χ2v) is 7.38. The zero-order valence-corrected chi connectivity index (χ0v) is 16.7. The summed E-state index contributed by atoms with van der Waals surface area (Å²) in [4.78, 5) is 15.0. The van der Waals surface area contributed by atoms with Crippen molar-refractivity contribution in [2.45, 2.75) is 38.8 Å². The SMILES string of the molecule is COc1cc(C(=O)N2CCC(c3nnc4n3CCNC4)CC2)cc(OC)c1C. The van der Waals surface area contributed by atoms with Crippen molar-refractivity contribution in [3.63, 3.8) is 0 Å². The van der Waals surface area contributed by atoms with Crippen LogP contribution in [0.15, 0.2) is 12.1 Å². The van der Waals surface area contributed by atoms with E-state index in [1.54, 1.807) is 26.4 Å². The van der Waals surface area contributed by atoms with Crippen LogP contribution in [-0.4, -0.2) is 59.4 Å². The topological polar surface area (TPSA) is 81.5 Å². The minimum Gasteiger partial charge on any atom is -0.496 e. The predicted octanol–water partition coefficient (Wildman–Crippen LogP) is 1.73. The van der Waals surface area contributed by atoms with Gasteiger partial charge in [-0.2, -0.15) is 0 Å². The van der Waals surface area contributed by atoms with Crippen LogP contribution in [0.4, 0.5) is 0 Å². The van der Waals surface area contributed by atoms with Gasteiger partial charge in [-0.3, -0.25) is 4.79 Å². The van der Waals surface area contributed by atoms with Crippen molar-refractivity contribution in [1.82, 2.24) is 25.0 Å². The van der Waals surface area contributed by atoms with Crippen LogP contribution in [0.25, 0.3) is 0 Å². The van der Waals surface area contributed by atoms with Crippen molar-refractivity contribution in [2.24, 2.45) is 0 Å². The van der Waals surface area contributed by atoms with Gasteiger partial charge >= 0.3 is 0 Å². The van der Waals surface area contributed by atoms with Gasteiger partial charge in [-0.25, -0.2) is 0 Å². The molecule has 0 saturated carbocycles. The third-order valence-corrected chi connectivity index (χ3v) is 5.80. The Balaban J connectivity index is 1.47. The predicted molar refractivity (Wildman–Crippen MR) is 104 cm³/mol. The van der Waals surface area contributed by atoms with E-state index < -0.39 is 0 Å². The summed E-state index contributed by atoms with van der Waals surface area (Å²) in [5.74, 6) is 3.79. The van der Waals surface area contributed by atoms with Gasteiger partial charge in [-0.1, -0.05) is 0 Å². The summed E-state index contributed by atoms with van der Waals surface area (Å²) in [6, 6.07) is 3.60. The number of ether oxygens (including phenoxy) is 2. The van der Waals surface area contributed by atoms with Gasteiger partial charge in [0, 0.05) is 43.2 Å². The molecule has 1 aromatic heterocycles.